The highest BCUT2D eigenvalue weighted by Crippen LogP contribution is 2.31. The van der Waals surface area contributed by atoms with Crippen LogP contribution >= 0.6 is 11.3 Å². The maximum Gasteiger partial charge on any atom is 0.0948 e. The first-order valence-electron chi connectivity index (χ1n) is 7.52. The number of hydrogen-bond acceptors (Lipinski definition) is 3. The molecule has 0 spiro atoms. The van der Waals surface area contributed by atoms with Crippen LogP contribution in [0.15, 0.2) is 35.7 Å². The summed E-state index contributed by atoms with van der Waals surface area (Å²) in [5.74, 6) is 0.945. The molecule has 0 aliphatic heterocycles. The molecule has 3 rings (SSSR count). The first-order valence-corrected chi connectivity index (χ1v) is 8.40. The van der Waals surface area contributed by atoms with Crippen LogP contribution in [0.3, 0.4) is 0 Å². The molecule has 0 saturated heterocycles. The van der Waals surface area contributed by atoms with Gasteiger partial charge in [0.05, 0.1) is 10.7 Å². The number of nitrogens with one attached hydrogen (secondary N) is 1. The van der Waals surface area contributed by atoms with Crippen molar-refractivity contribution in [2.45, 2.75) is 38.1 Å². The van der Waals surface area contributed by atoms with Gasteiger partial charge in [0.2, 0.25) is 0 Å². The molecule has 20 heavy (non-hydrogen) atoms. The van der Waals surface area contributed by atoms with Crippen LogP contribution in [0.2, 0.25) is 0 Å². The quantitative estimate of drug-likeness (QED) is 0.863. The van der Waals surface area contributed by atoms with Crippen LogP contribution in [0.4, 0.5) is 0 Å². The fourth-order valence-electron chi connectivity index (χ4n) is 2.79. The van der Waals surface area contributed by atoms with Crippen molar-refractivity contribution in [2.24, 2.45) is 5.92 Å². The van der Waals surface area contributed by atoms with Crippen LogP contribution < -0.4 is 5.32 Å². The van der Waals surface area contributed by atoms with Crippen LogP contribution in [0.5, 0.6) is 0 Å². The number of benzene rings is 1. The maximum absolute atomic E-state index is 4.80. The zero-order valence-corrected chi connectivity index (χ0v) is 12.8. The summed E-state index contributed by atoms with van der Waals surface area (Å²) in [6.07, 6.45) is 6.63. The molecule has 2 aromatic rings. The average Bonchev–Trinajstić information content (AvgIpc) is 2.91. The molecule has 1 N–H and O–H groups in total. The Morgan fingerprint density at radius 1 is 1.30 bits per heavy atom. The highest BCUT2D eigenvalue weighted by Gasteiger charge is 2.22. The molecule has 1 heterocycles. The molecule has 1 atom stereocenters. The summed E-state index contributed by atoms with van der Waals surface area (Å²) in [6.45, 7) is 0. The van der Waals surface area contributed by atoms with Gasteiger partial charge in [-0.3, -0.25) is 0 Å². The molecule has 1 aliphatic rings. The summed E-state index contributed by atoms with van der Waals surface area (Å²) in [6, 6.07) is 11.0. The van der Waals surface area contributed by atoms with Crippen molar-refractivity contribution < 1.29 is 0 Å². The lowest BCUT2D eigenvalue weighted by Gasteiger charge is -2.29. The van der Waals surface area contributed by atoms with Crippen molar-refractivity contribution in [3.8, 4) is 11.3 Å². The van der Waals surface area contributed by atoms with Crippen LogP contribution in [0, 0.1) is 5.92 Å². The molecule has 1 fully saturated rings. The lowest BCUT2D eigenvalue weighted by atomic mass is 9.80. The summed E-state index contributed by atoms with van der Waals surface area (Å²) in [5, 5.41) is 6.90. The van der Waals surface area contributed by atoms with Gasteiger partial charge in [0.15, 0.2) is 0 Å². The van der Waals surface area contributed by atoms with E-state index in [1.54, 1.807) is 11.3 Å². The predicted molar refractivity (Wildman–Crippen MR) is 86.1 cm³/mol. The van der Waals surface area contributed by atoms with Gasteiger partial charge in [0, 0.05) is 23.4 Å². The van der Waals surface area contributed by atoms with E-state index < -0.39 is 0 Å². The second kappa shape index (κ2) is 6.51. The Morgan fingerprint density at radius 2 is 2.10 bits per heavy atom. The van der Waals surface area contributed by atoms with Crippen LogP contribution in [-0.4, -0.2) is 18.1 Å². The van der Waals surface area contributed by atoms with E-state index in [2.05, 4.69) is 42.0 Å². The van der Waals surface area contributed by atoms with E-state index in [9.17, 15) is 0 Å². The summed E-state index contributed by atoms with van der Waals surface area (Å²) >= 11 is 1.79. The fourth-order valence-corrected chi connectivity index (χ4v) is 3.68. The molecule has 0 bridgehead atoms. The Morgan fingerprint density at radius 3 is 2.75 bits per heavy atom. The first kappa shape index (κ1) is 13.8. The molecule has 0 amide bonds. The molecule has 3 heteroatoms. The summed E-state index contributed by atoms with van der Waals surface area (Å²) in [5.41, 5.74) is 2.33. The molecule has 1 saturated carbocycles. The topological polar surface area (TPSA) is 24.9 Å². The van der Waals surface area contributed by atoms with Crippen molar-refractivity contribution in [2.75, 3.05) is 7.05 Å². The van der Waals surface area contributed by atoms with Crippen molar-refractivity contribution in [1.29, 1.82) is 0 Å². The number of nitrogens with zero attached hydrogens (tertiary/aromatic N) is 1. The normalized spacial score (nSPS) is 16.9. The van der Waals surface area contributed by atoms with Crippen molar-refractivity contribution in [3.05, 3.63) is 40.7 Å². The summed E-state index contributed by atoms with van der Waals surface area (Å²) in [7, 11) is 2.08. The van der Waals surface area contributed by atoms with Gasteiger partial charge in [-0.15, -0.1) is 11.3 Å². The maximum atomic E-state index is 4.80. The number of aromatic nitrogens is 1. The van der Waals surface area contributed by atoms with Gasteiger partial charge in [-0.2, -0.15) is 0 Å². The molecule has 1 aliphatic carbocycles. The van der Waals surface area contributed by atoms with E-state index in [0.717, 1.165) is 18.0 Å². The second-order valence-electron chi connectivity index (χ2n) is 5.71. The smallest absolute Gasteiger partial charge is 0.0948 e. The van der Waals surface area contributed by atoms with Crippen molar-refractivity contribution in [1.82, 2.24) is 10.3 Å². The van der Waals surface area contributed by atoms with Gasteiger partial charge >= 0.3 is 0 Å². The van der Waals surface area contributed by atoms with E-state index in [-0.39, 0.29) is 0 Å². The number of rotatable bonds is 6. The van der Waals surface area contributed by atoms with E-state index in [1.807, 2.05) is 6.07 Å². The van der Waals surface area contributed by atoms with Gasteiger partial charge in [-0.25, -0.2) is 4.98 Å². The van der Waals surface area contributed by atoms with E-state index in [4.69, 9.17) is 4.98 Å². The van der Waals surface area contributed by atoms with E-state index >= 15 is 0 Å². The van der Waals surface area contributed by atoms with Gasteiger partial charge in [0.25, 0.3) is 0 Å². The molecule has 2 nitrogen and oxygen atoms in total. The Balaban J connectivity index is 1.63. The van der Waals surface area contributed by atoms with Gasteiger partial charge in [-0.05, 0) is 19.4 Å². The third-order valence-electron chi connectivity index (χ3n) is 4.29. The summed E-state index contributed by atoms with van der Waals surface area (Å²) < 4.78 is 0. The standard InChI is InChI=1S/C17H22N2S/c1-18-15(10-13-6-5-7-13)11-17-19-16(12-20-17)14-8-3-2-4-9-14/h2-4,8-9,12-13,15,18H,5-7,10-11H2,1H3. The van der Waals surface area contributed by atoms with Crippen molar-refractivity contribution >= 4 is 11.3 Å². The third-order valence-corrected chi connectivity index (χ3v) is 5.16. The zero-order chi connectivity index (χ0) is 13.8. The minimum atomic E-state index is 0.579. The highest BCUT2D eigenvalue weighted by molar-refractivity contribution is 7.09. The molecule has 1 aromatic carbocycles. The van der Waals surface area contributed by atoms with E-state index in [1.165, 1.54) is 36.3 Å². The molecule has 1 aromatic heterocycles. The minimum Gasteiger partial charge on any atom is -0.317 e. The van der Waals surface area contributed by atoms with Gasteiger partial charge in [-0.1, -0.05) is 49.6 Å². The van der Waals surface area contributed by atoms with Crippen LogP contribution in [0.25, 0.3) is 11.3 Å². The first-order chi connectivity index (χ1) is 9.85. The average molecular weight is 286 g/mol. The number of likely N-dealkylation sites (N-methyl/N-ethyl adjacent to an activating group) is 1. The summed E-state index contributed by atoms with van der Waals surface area (Å²) in [4.78, 5) is 4.80. The zero-order valence-electron chi connectivity index (χ0n) is 12.0. The molecule has 0 radical (unpaired) electrons. The van der Waals surface area contributed by atoms with Gasteiger partial charge in [0.1, 0.15) is 0 Å². The largest absolute Gasteiger partial charge is 0.317 e. The monoisotopic (exact) mass is 286 g/mol. The third kappa shape index (κ3) is 3.28. The fraction of sp³-hybridized carbons (Fsp3) is 0.471. The van der Waals surface area contributed by atoms with Gasteiger partial charge < -0.3 is 5.32 Å². The number of thiazole rings is 1. The number of hydrogen-bond donors (Lipinski definition) is 1. The van der Waals surface area contributed by atoms with Crippen LogP contribution in [0.1, 0.15) is 30.7 Å². The molecular weight excluding hydrogens is 264 g/mol. The Kier molecular flexibility index (Phi) is 4.48. The van der Waals surface area contributed by atoms with Crippen molar-refractivity contribution in [3.63, 3.8) is 0 Å². The Bertz CT molecular complexity index is 531. The molecule has 106 valence electrons. The highest BCUT2D eigenvalue weighted by atomic mass is 32.1. The Labute approximate surface area is 125 Å². The lowest BCUT2D eigenvalue weighted by molar-refractivity contribution is 0.263. The minimum absolute atomic E-state index is 0.579. The molecule has 1 unspecified atom stereocenters. The lowest BCUT2D eigenvalue weighted by Crippen LogP contribution is -2.31. The Hall–Kier alpha value is -1.19. The predicted octanol–water partition coefficient (Wildman–Crippen LogP) is 4.13. The van der Waals surface area contributed by atoms with E-state index in [0.29, 0.717) is 6.04 Å². The SMILES string of the molecule is CNC(Cc1nc(-c2ccccc2)cs1)CC1CCC1. The molecular formula is C17H22N2S. The van der Waals surface area contributed by atoms with Crippen LogP contribution in [-0.2, 0) is 6.42 Å². The second-order valence-corrected chi connectivity index (χ2v) is 6.66.